The molecule has 0 bridgehead atoms. The van der Waals surface area contributed by atoms with E-state index in [0.717, 1.165) is 23.4 Å². The molecule has 0 saturated carbocycles. The van der Waals surface area contributed by atoms with Crippen LogP contribution in [0.25, 0.3) is 10.9 Å². The topological polar surface area (TPSA) is 96.5 Å². The number of alkyl halides is 3. The van der Waals surface area contributed by atoms with Crippen LogP contribution >= 0.6 is 11.8 Å². The number of hydrogen-bond acceptors (Lipinski definition) is 7. The van der Waals surface area contributed by atoms with Gasteiger partial charge >= 0.3 is 6.18 Å². The van der Waals surface area contributed by atoms with Crippen LogP contribution in [0.3, 0.4) is 0 Å². The smallest absolute Gasteiger partial charge is 0.423 e. The number of fused-ring (bicyclic) bond motifs is 1. The van der Waals surface area contributed by atoms with Gasteiger partial charge in [0.1, 0.15) is 5.56 Å². The van der Waals surface area contributed by atoms with E-state index in [-0.39, 0.29) is 22.2 Å². The lowest BCUT2D eigenvalue weighted by Gasteiger charge is -2.15. The van der Waals surface area contributed by atoms with Gasteiger partial charge in [0.05, 0.1) is 30.0 Å². The highest BCUT2D eigenvalue weighted by molar-refractivity contribution is 7.99. The van der Waals surface area contributed by atoms with Crippen molar-refractivity contribution in [3.63, 3.8) is 0 Å². The number of nitrogens with zero attached hydrogens (tertiary/aromatic N) is 3. The van der Waals surface area contributed by atoms with Gasteiger partial charge in [-0.05, 0) is 48.4 Å². The molecule has 1 aromatic heterocycles. The third kappa shape index (κ3) is 5.53. The lowest BCUT2D eigenvalue weighted by atomic mass is 10.1. The van der Waals surface area contributed by atoms with Crippen LogP contribution < -0.4 is 15.0 Å². The van der Waals surface area contributed by atoms with Gasteiger partial charge in [-0.1, -0.05) is 30.0 Å². The van der Waals surface area contributed by atoms with E-state index < -0.39 is 22.4 Å². The molecule has 0 fully saturated rings. The number of methoxy groups -OCH3 is 2. The quantitative estimate of drug-likeness (QED) is 0.163. The minimum atomic E-state index is -4.93. The predicted octanol–water partition coefficient (Wildman–Crippen LogP) is 5.73. The summed E-state index contributed by atoms with van der Waals surface area (Å²) in [4.78, 5) is 28.0. The Morgan fingerprint density at radius 1 is 1.03 bits per heavy atom. The van der Waals surface area contributed by atoms with Crippen molar-refractivity contribution in [2.24, 2.45) is 0 Å². The molecule has 37 heavy (non-hydrogen) atoms. The van der Waals surface area contributed by atoms with Crippen LogP contribution in [-0.2, 0) is 19.1 Å². The minimum absolute atomic E-state index is 0.0555. The van der Waals surface area contributed by atoms with E-state index in [2.05, 4.69) is 4.98 Å². The van der Waals surface area contributed by atoms with Crippen LogP contribution in [0.1, 0.15) is 11.1 Å². The Hall–Kier alpha value is -4.06. The molecule has 0 unspecified atom stereocenters. The van der Waals surface area contributed by atoms with Crippen molar-refractivity contribution < 1.29 is 27.6 Å². The zero-order chi connectivity index (χ0) is 26.7. The van der Waals surface area contributed by atoms with Crippen LogP contribution in [0, 0.1) is 10.1 Å². The first-order valence-electron chi connectivity index (χ1n) is 10.9. The van der Waals surface area contributed by atoms with Gasteiger partial charge < -0.3 is 9.47 Å². The molecule has 0 radical (unpaired) electrons. The van der Waals surface area contributed by atoms with Gasteiger partial charge in [0, 0.05) is 17.5 Å². The first-order chi connectivity index (χ1) is 17.6. The number of rotatable bonds is 8. The van der Waals surface area contributed by atoms with Crippen molar-refractivity contribution in [3.05, 3.63) is 92.3 Å². The van der Waals surface area contributed by atoms with Crippen molar-refractivity contribution >= 4 is 28.4 Å². The lowest BCUT2D eigenvalue weighted by Crippen LogP contribution is -2.24. The summed E-state index contributed by atoms with van der Waals surface area (Å²) in [6.45, 7) is 0.174. The van der Waals surface area contributed by atoms with Gasteiger partial charge in [-0.3, -0.25) is 19.5 Å². The lowest BCUT2D eigenvalue weighted by molar-refractivity contribution is -0.388. The average Bonchev–Trinajstić information content (AvgIpc) is 2.87. The number of para-hydroxylation sites is 1. The fraction of sp³-hybridized carbons (Fsp3) is 0.200. The zero-order valence-corrected chi connectivity index (χ0v) is 20.4. The zero-order valence-electron chi connectivity index (χ0n) is 19.6. The van der Waals surface area contributed by atoms with Gasteiger partial charge in [-0.2, -0.15) is 13.2 Å². The predicted molar refractivity (Wildman–Crippen MR) is 131 cm³/mol. The fourth-order valence-electron chi connectivity index (χ4n) is 3.77. The summed E-state index contributed by atoms with van der Waals surface area (Å²) in [6, 6.07) is 14.7. The Bertz CT molecular complexity index is 1540. The molecular weight excluding hydrogens is 511 g/mol. The molecule has 0 amide bonds. The Morgan fingerprint density at radius 3 is 2.43 bits per heavy atom. The van der Waals surface area contributed by atoms with Crippen LogP contribution in [0.2, 0.25) is 0 Å². The van der Waals surface area contributed by atoms with E-state index in [1.807, 2.05) is 6.07 Å². The van der Waals surface area contributed by atoms with E-state index in [4.69, 9.17) is 9.47 Å². The number of nitro groups is 1. The van der Waals surface area contributed by atoms with Crippen LogP contribution in [0.4, 0.5) is 18.9 Å². The van der Waals surface area contributed by atoms with Crippen molar-refractivity contribution in [2.75, 3.05) is 14.2 Å². The number of nitro benzene ring substituents is 1. The second-order valence-electron chi connectivity index (χ2n) is 7.84. The number of halogens is 3. The van der Waals surface area contributed by atoms with E-state index in [0.29, 0.717) is 34.9 Å². The molecule has 8 nitrogen and oxygen atoms in total. The highest BCUT2D eigenvalue weighted by Crippen LogP contribution is 2.39. The fourth-order valence-corrected chi connectivity index (χ4v) is 4.72. The van der Waals surface area contributed by atoms with Crippen LogP contribution in [0.5, 0.6) is 11.5 Å². The summed E-state index contributed by atoms with van der Waals surface area (Å²) in [5.74, 6) is 1.06. The third-order valence-corrected chi connectivity index (χ3v) is 6.56. The number of aryl methyl sites for hydroxylation is 1. The number of benzene rings is 3. The molecule has 0 aliphatic heterocycles. The average molecular weight is 532 g/mol. The van der Waals surface area contributed by atoms with E-state index >= 15 is 0 Å². The Labute approximate surface area is 212 Å². The second kappa shape index (κ2) is 10.5. The van der Waals surface area contributed by atoms with Crippen LogP contribution in [0.15, 0.2) is 75.5 Å². The molecule has 0 aliphatic rings. The van der Waals surface area contributed by atoms with Gasteiger partial charge in [-0.15, -0.1) is 0 Å². The largest absolute Gasteiger partial charge is 0.493 e. The number of ether oxygens (including phenoxy) is 2. The second-order valence-corrected chi connectivity index (χ2v) is 8.88. The summed E-state index contributed by atoms with van der Waals surface area (Å²) in [5.41, 5.74) is -1.55. The molecule has 192 valence electrons. The summed E-state index contributed by atoms with van der Waals surface area (Å²) in [7, 11) is 3.03. The first-order valence-corrected chi connectivity index (χ1v) is 11.7. The summed E-state index contributed by atoms with van der Waals surface area (Å²) in [6.07, 6.45) is -4.54. The van der Waals surface area contributed by atoms with E-state index in [1.165, 1.54) is 24.9 Å². The molecule has 0 aliphatic carbocycles. The van der Waals surface area contributed by atoms with Gasteiger partial charge in [0.2, 0.25) is 0 Å². The van der Waals surface area contributed by atoms with Crippen molar-refractivity contribution in [3.8, 4) is 11.5 Å². The molecule has 0 saturated heterocycles. The molecule has 1 heterocycles. The van der Waals surface area contributed by atoms with E-state index in [1.54, 1.807) is 36.4 Å². The van der Waals surface area contributed by atoms with Gasteiger partial charge in [-0.25, -0.2) is 4.98 Å². The van der Waals surface area contributed by atoms with E-state index in [9.17, 15) is 28.1 Å². The normalized spacial score (nSPS) is 11.5. The molecule has 0 spiro atoms. The molecule has 4 rings (SSSR count). The molecular formula is C25H20F3N3O5S. The molecule has 3 aromatic carbocycles. The van der Waals surface area contributed by atoms with Gasteiger partial charge in [0.15, 0.2) is 16.7 Å². The number of aromatic nitrogens is 2. The standard InChI is InChI=1S/C25H20F3N3O5S/c1-35-21-10-7-15(13-22(21)36-2)11-12-30-23(32)17-5-3-4-6-19(17)29-24(30)37-16-8-9-20(31(33)34)18(14-16)25(26,27)28/h3-10,13-14H,11-12H2,1-2H3. The van der Waals surface area contributed by atoms with Crippen LogP contribution in [-0.4, -0.2) is 28.7 Å². The Kier molecular flexibility index (Phi) is 7.39. The van der Waals surface area contributed by atoms with Gasteiger partial charge in [0.25, 0.3) is 11.2 Å². The molecule has 0 N–H and O–H groups in total. The SMILES string of the molecule is COc1ccc(CCn2c(Sc3ccc([N+](=O)[O-])c(C(F)(F)F)c3)nc3ccccc3c2=O)cc1OC. The first kappa shape index (κ1) is 26.0. The minimum Gasteiger partial charge on any atom is -0.493 e. The van der Waals surface area contributed by atoms with Crippen molar-refractivity contribution in [1.29, 1.82) is 0 Å². The molecule has 0 atom stereocenters. The maximum atomic E-state index is 13.5. The third-order valence-electron chi connectivity index (χ3n) is 5.58. The highest BCUT2D eigenvalue weighted by Gasteiger charge is 2.38. The summed E-state index contributed by atoms with van der Waals surface area (Å²) >= 11 is 0.827. The van der Waals surface area contributed by atoms with Crippen molar-refractivity contribution in [2.45, 2.75) is 29.2 Å². The maximum Gasteiger partial charge on any atom is 0.423 e. The number of hydrogen-bond donors (Lipinski definition) is 0. The Morgan fingerprint density at radius 2 is 1.76 bits per heavy atom. The van der Waals surface area contributed by atoms with Crippen molar-refractivity contribution in [1.82, 2.24) is 9.55 Å². The highest BCUT2D eigenvalue weighted by atomic mass is 32.2. The summed E-state index contributed by atoms with van der Waals surface area (Å²) < 4.78 is 52.5. The maximum absolute atomic E-state index is 13.5. The molecule has 4 aromatic rings. The monoisotopic (exact) mass is 531 g/mol. The Balaban J connectivity index is 1.75. The summed E-state index contributed by atoms with van der Waals surface area (Å²) in [5, 5.41) is 11.6. The molecule has 12 heteroatoms.